The first kappa shape index (κ1) is 12.4. The van der Waals surface area contributed by atoms with Crippen molar-refractivity contribution in [1.29, 1.82) is 0 Å². The fourth-order valence-corrected chi connectivity index (χ4v) is 0.989. The molecule has 0 saturated heterocycles. The largest absolute Gasteiger partial charge is 0.462 e. The molecule has 0 N–H and O–H groups in total. The third-order valence-electron chi connectivity index (χ3n) is 1.31. The maximum atomic E-state index is 10.3. The summed E-state index contributed by atoms with van der Waals surface area (Å²) in [5.41, 5.74) is 0. The molecule has 3 heteroatoms. The first-order chi connectivity index (χ1) is 6.27. The van der Waals surface area contributed by atoms with Crippen LogP contribution in [-0.2, 0) is 9.53 Å². The van der Waals surface area contributed by atoms with Crippen LogP contribution in [0, 0.1) is 0 Å². The fraction of sp³-hybridized carbons (Fsp3) is 0.500. The third kappa shape index (κ3) is 11.4. The predicted octanol–water partition coefficient (Wildman–Crippen LogP) is 2.84. The van der Waals surface area contributed by atoms with Gasteiger partial charge in [-0.3, -0.25) is 4.79 Å². The number of hydrogen-bond acceptors (Lipinski definition) is 2. The highest BCUT2D eigenvalue weighted by molar-refractivity contribution is 9.09. The number of alkyl halides is 1. The Hall–Kier alpha value is -0.570. The maximum Gasteiger partial charge on any atom is 0.302 e. The number of allylic oxidation sites excluding steroid dienone is 3. The Balaban J connectivity index is 3.22. The van der Waals surface area contributed by atoms with Crippen molar-refractivity contribution in [1.82, 2.24) is 0 Å². The molecule has 0 aliphatic heterocycles. The Kier molecular flexibility index (Phi) is 9.10. The molecule has 0 aromatic heterocycles. The summed E-state index contributed by atoms with van der Waals surface area (Å²) in [7, 11) is 0. The van der Waals surface area contributed by atoms with Gasteiger partial charge in [-0.25, -0.2) is 0 Å². The monoisotopic (exact) mass is 246 g/mol. The van der Waals surface area contributed by atoms with E-state index in [4.69, 9.17) is 4.74 Å². The van der Waals surface area contributed by atoms with E-state index in [0.29, 0.717) is 6.61 Å². The van der Waals surface area contributed by atoms with Crippen molar-refractivity contribution in [2.24, 2.45) is 0 Å². The van der Waals surface area contributed by atoms with E-state index in [1.54, 1.807) is 0 Å². The van der Waals surface area contributed by atoms with Gasteiger partial charge in [0.25, 0.3) is 0 Å². The van der Waals surface area contributed by atoms with Crippen molar-refractivity contribution in [3.05, 3.63) is 24.3 Å². The zero-order valence-electron chi connectivity index (χ0n) is 7.83. The highest BCUT2D eigenvalue weighted by Gasteiger charge is 1.85. The molecule has 0 heterocycles. The van der Waals surface area contributed by atoms with E-state index in [1.807, 2.05) is 12.2 Å². The number of carbonyl (C=O) groups excluding carboxylic acids is 1. The highest BCUT2D eigenvalue weighted by atomic mass is 79.9. The van der Waals surface area contributed by atoms with Crippen molar-refractivity contribution >= 4 is 21.9 Å². The van der Waals surface area contributed by atoms with Crippen molar-refractivity contribution in [3.8, 4) is 0 Å². The summed E-state index contributed by atoms with van der Waals surface area (Å²) in [5, 5.41) is 0.907. The minimum Gasteiger partial charge on any atom is -0.462 e. The van der Waals surface area contributed by atoms with Crippen molar-refractivity contribution < 1.29 is 9.53 Å². The van der Waals surface area contributed by atoms with Gasteiger partial charge in [0, 0.05) is 12.3 Å². The molecular formula is C10H15BrO2. The zero-order valence-corrected chi connectivity index (χ0v) is 9.42. The Morgan fingerprint density at radius 3 is 2.38 bits per heavy atom. The minimum absolute atomic E-state index is 0.233. The quantitative estimate of drug-likeness (QED) is 0.312. The van der Waals surface area contributed by atoms with Gasteiger partial charge >= 0.3 is 5.97 Å². The summed E-state index contributed by atoms with van der Waals surface area (Å²) in [5.74, 6) is -0.233. The lowest BCUT2D eigenvalue weighted by molar-refractivity contribution is -0.139. The Labute approximate surface area is 87.8 Å². The van der Waals surface area contributed by atoms with Crippen molar-refractivity contribution in [3.63, 3.8) is 0 Å². The lowest BCUT2D eigenvalue weighted by atomic mass is 10.3. The SMILES string of the molecule is CC(=O)OC/C=C/CC/C=C/CBr. The van der Waals surface area contributed by atoms with E-state index < -0.39 is 0 Å². The standard InChI is InChI=1S/C10H15BrO2/c1-10(12)13-9-7-5-3-2-4-6-8-11/h4-7H,2-3,8-9H2,1H3/b6-4+,7-5+. The van der Waals surface area contributed by atoms with Crippen LogP contribution in [0.5, 0.6) is 0 Å². The van der Waals surface area contributed by atoms with Crippen molar-refractivity contribution in [2.75, 3.05) is 11.9 Å². The first-order valence-electron chi connectivity index (χ1n) is 4.26. The van der Waals surface area contributed by atoms with Gasteiger partial charge in [-0.1, -0.05) is 40.2 Å². The number of hydrogen-bond donors (Lipinski definition) is 0. The second-order valence-electron chi connectivity index (χ2n) is 2.48. The molecule has 13 heavy (non-hydrogen) atoms. The highest BCUT2D eigenvalue weighted by Crippen LogP contribution is 1.94. The van der Waals surface area contributed by atoms with E-state index in [9.17, 15) is 4.79 Å². The van der Waals surface area contributed by atoms with Crippen LogP contribution < -0.4 is 0 Å². The average Bonchev–Trinajstić information content (AvgIpc) is 2.09. The van der Waals surface area contributed by atoms with Gasteiger partial charge in [-0.05, 0) is 12.8 Å². The zero-order chi connectivity index (χ0) is 9.94. The topological polar surface area (TPSA) is 26.3 Å². The van der Waals surface area contributed by atoms with Gasteiger partial charge in [0.15, 0.2) is 0 Å². The van der Waals surface area contributed by atoms with Crippen LogP contribution in [0.3, 0.4) is 0 Å². The molecule has 0 rings (SSSR count). The smallest absolute Gasteiger partial charge is 0.302 e. The fourth-order valence-electron chi connectivity index (χ4n) is 0.725. The molecule has 0 aromatic carbocycles. The van der Waals surface area contributed by atoms with Crippen LogP contribution in [-0.4, -0.2) is 17.9 Å². The van der Waals surface area contributed by atoms with E-state index in [2.05, 4.69) is 28.1 Å². The predicted molar refractivity (Wildman–Crippen MR) is 57.9 cm³/mol. The van der Waals surface area contributed by atoms with E-state index in [0.717, 1.165) is 18.2 Å². The van der Waals surface area contributed by atoms with Crippen molar-refractivity contribution in [2.45, 2.75) is 19.8 Å². The molecular weight excluding hydrogens is 232 g/mol. The lowest BCUT2D eigenvalue weighted by Gasteiger charge is -1.93. The van der Waals surface area contributed by atoms with Crippen LogP contribution in [0.2, 0.25) is 0 Å². The van der Waals surface area contributed by atoms with E-state index in [-0.39, 0.29) is 5.97 Å². The second-order valence-corrected chi connectivity index (χ2v) is 3.12. The summed E-state index contributed by atoms with van der Waals surface area (Å²) in [6.07, 6.45) is 10.1. The van der Waals surface area contributed by atoms with Gasteiger partial charge in [0.1, 0.15) is 6.61 Å². The number of halogens is 1. The maximum absolute atomic E-state index is 10.3. The normalized spacial score (nSPS) is 11.2. The Bertz CT molecular complexity index is 185. The molecule has 0 fully saturated rings. The van der Waals surface area contributed by atoms with E-state index >= 15 is 0 Å². The molecule has 0 aliphatic carbocycles. The van der Waals surface area contributed by atoms with E-state index in [1.165, 1.54) is 6.92 Å². The molecule has 74 valence electrons. The van der Waals surface area contributed by atoms with Crippen LogP contribution >= 0.6 is 15.9 Å². The lowest BCUT2D eigenvalue weighted by Crippen LogP contribution is -1.97. The van der Waals surface area contributed by atoms with Crippen LogP contribution in [0.25, 0.3) is 0 Å². The summed E-state index contributed by atoms with van der Waals surface area (Å²) in [6, 6.07) is 0. The summed E-state index contributed by atoms with van der Waals surface area (Å²) < 4.78 is 4.72. The number of unbranched alkanes of at least 4 members (excludes halogenated alkanes) is 1. The van der Waals surface area contributed by atoms with Crippen LogP contribution in [0.1, 0.15) is 19.8 Å². The number of carbonyl (C=O) groups is 1. The van der Waals surface area contributed by atoms with Gasteiger partial charge in [0.2, 0.25) is 0 Å². The molecule has 0 radical (unpaired) electrons. The molecule has 0 atom stereocenters. The molecule has 0 amide bonds. The molecule has 0 spiro atoms. The molecule has 0 aliphatic rings. The van der Waals surface area contributed by atoms with Gasteiger partial charge in [-0.15, -0.1) is 0 Å². The summed E-state index contributed by atoms with van der Waals surface area (Å²) in [6.45, 7) is 1.80. The number of ether oxygens (including phenoxy) is 1. The summed E-state index contributed by atoms with van der Waals surface area (Å²) >= 11 is 3.30. The minimum atomic E-state index is -0.233. The Morgan fingerprint density at radius 2 is 1.85 bits per heavy atom. The average molecular weight is 247 g/mol. The summed E-state index contributed by atoms with van der Waals surface area (Å²) in [4.78, 5) is 10.3. The molecule has 0 unspecified atom stereocenters. The third-order valence-corrected chi connectivity index (χ3v) is 1.68. The molecule has 0 aromatic rings. The number of rotatable bonds is 6. The Morgan fingerprint density at radius 1 is 1.23 bits per heavy atom. The first-order valence-corrected chi connectivity index (χ1v) is 5.39. The molecule has 2 nitrogen and oxygen atoms in total. The molecule has 0 saturated carbocycles. The van der Waals surface area contributed by atoms with Crippen LogP contribution in [0.4, 0.5) is 0 Å². The number of esters is 1. The van der Waals surface area contributed by atoms with Crippen LogP contribution in [0.15, 0.2) is 24.3 Å². The van der Waals surface area contributed by atoms with Gasteiger partial charge < -0.3 is 4.74 Å². The van der Waals surface area contributed by atoms with Gasteiger partial charge in [-0.2, -0.15) is 0 Å². The molecule has 0 bridgehead atoms. The van der Waals surface area contributed by atoms with Gasteiger partial charge in [0.05, 0.1) is 0 Å². The second kappa shape index (κ2) is 9.52.